The Kier molecular flexibility index (Phi) is 3.79. The number of hydrogen-bond donors (Lipinski definition) is 0. The Hall–Kier alpha value is -2.08. The van der Waals surface area contributed by atoms with Crippen molar-refractivity contribution in [1.29, 1.82) is 0 Å². The van der Waals surface area contributed by atoms with Gasteiger partial charge in [0.25, 0.3) is 0 Å². The van der Waals surface area contributed by atoms with Crippen LogP contribution in [0, 0.1) is 13.8 Å². The van der Waals surface area contributed by atoms with Crippen LogP contribution < -0.4 is 0 Å². The zero-order chi connectivity index (χ0) is 14.8. The van der Waals surface area contributed by atoms with E-state index in [0.717, 1.165) is 12.8 Å². The quantitative estimate of drug-likeness (QED) is 0.582. The monoisotopic (exact) mass is 274 g/mol. The van der Waals surface area contributed by atoms with E-state index >= 15 is 0 Å². The van der Waals surface area contributed by atoms with Crippen LogP contribution in [0.2, 0.25) is 0 Å². The van der Waals surface area contributed by atoms with E-state index in [1.807, 2.05) is 0 Å². The van der Waals surface area contributed by atoms with Gasteiger partial charge in [-0.1, -0.05) is 72.6 Å². The van der Waals surface area contributed by atoms with Gasteiger partial charge in [0.1, 0.15) is 0 Å². The smallest absolute Gasteiger partial charge is 0.00253 e. The van der Waals surface area contributed by atoms with Crippen molar-refractivity contribution >= 4 is 10.8 Å². The van der Waals surface area contributed by atoms with Crippen LogP contribution in [-0.2, 0) is 12.8 Å². The standard InChI is InChI=1S/C21H22/c1-4-19-13-18(14-20-7-5-6-8-21(19)20)12-17-10-15(2)9-16(3)11-17/h5-11,13-14H,4,12H2,1-3H3. The average molecular weight is 274 g/mol. The highest BCUT2D eigenvalue weighted by atomic mass is 14.1. The van der Waals surface area contributed by atoms with Crippen LogP contribution >= 0.6 is 0 Å². The summed E-state index contributed by atoms with van der Waals surface area (Å²) in [5.74, 6) is 0. The van der Waals surface area contributed by atoms with E-state index in [1.54, 1.807) is 0 Å². The summed E-state index contributed by atoms with van der Waals surface area (Å²) in [6.07, 6.45) is 2.10. The van der Waals surface area contributed by atoms with Gasteiger partial charge in [-0.25, -0.2) is 0 Å². The van der Waals surface area contributed by atoms with Gasteiger partial charge in [0.2, 0.25) is 0 Å². The molecular weight excluding hydrogens is 252 g/mol. The van der Waals surface area contributed by atoms with Gasteiger partial charge < -0.3 is 0 Å². The molecule has 0 N–H and O–H groups in total. The molecule has 0 aliphatic carbocycles. The molecule has 0 saturated heterocycles. The first-order valence-electron chi connectivity index (χ1n) is 7.73. The van der Waals surface area contributed by atoms with Crippen LogP contribution in [0.5, 0.6) is 0 Å². The topological polar surface area (TPSA) is 0 Å². The van der Waals surface area contributed by atoms with E-state index in [0.29, 0.717) is 0 Å². The van der Waals surface area contributed by atoms with E-state index in [4.69, 9.17) is 0 Å². The molecule has 3 aromatic rings. The molecule has 0 aliphatic heterocycles. The summed E-state index contributed by atoms with van der Waals surface area (Å²) in [6.45, 7) is 6.59. The zero-order valence-electron chi connectivity index (χ0n) is 13.1. The third-order valence-corrected chi connectivity index (χ3v) is 4.08. The minimum Gasteiger partial charge on any atom is -0.0616 e. The fourth-order valence-corrected chi connectivity index (χ4v) is 3.26. The molecule has 3 rings (SSSR count). The maximum absolute atomic E-state index is 2.38. The Balaban J connectivity index is 2.04. The van der Waals surface area contributed by atoms with Gasteiger partial charge in [-0.15, -0.1) is 0 Å². The van der Waals surface area contributed by atoms with Crippen molar-refractivity contribution in [3.8, 4) is 0 Å². The first-order valence-corrected chi connectivity index (χ1v) is 7.73. The fraction of sp³-hybridized carbons (Fsp3) is 0.238. The van der Waals surface area contributed by atoms with Crippen molar-refractivity contribution < 1.29 is 0 Å². The van der Waals surface area contributed by atoms with Crippen molar-refractivity contribution in [3.05, 3.63) is 82.4 Å². The largest absolute Gasteiger partial charge is 0.0616 e. The molecule has 3 aromatic carbocycles. The van der Waals surface area contributed by atoms with Crippen LogP contribution in [0.15, 0.2) is 54.6 Å². The Morgan fingerprint density at radius 3 is 2.14 bits per heavy atom. The molecule has 0 fully saturated rings. The van der Waals surface area contributed by atoms with Crippen LogP contribution in [-0.4, -0.2) is 0 Å². The molecule has 0 radical (unpaired) electrons. The Labute approximate surface area is 127 Å². The summed E-state index contributed by atoms with van der Waals surface area (Å²) in [4.78, 5) is 0. The van der Waals surface area contributed by atoms with E-state index < -0.39 is 0 Å². The lowest BCUT2D eigenvalue weighted by Crippen LogP contribution is -1.93. The molecule has 0 amide bonds. The number of rotatable bonds is 3. The molecule has 0 saturated carbocycles. The molecular formula is C21H22. The first-order chi connectivity index (χ1) is 10.2. The molecule has 0 heteroatoms. The lowest BCUT2D eigenvalue weighted by atomic mass is 9.95. The molecule has 0 nitrogen and oxygen atoms in total. The first kappa shape index (κ1) is 13.9. The highest BCUT2D eigenvalue weighted by molar-refractivity contribution is 5.86. The van der Waals surface area contributed by atoms with Crippen molar-refractivity contribution in [3.63, 3.8) is 0 Å². The summed E-state index contributed by atoms with van der Waals surface area (Å²) in [6, 6.07) is 20.3. The molecule has 0 aliphatic rings. The van der Waals surface area contributed by atoms with E-state index in [2.05, 4.69) is 75.4 Å². The van der Waals surface area contributed by atoms with Crippen molar-refractivity contribution in [2.45, 2.75) is 33.6 Å². The second-order valence-electron chi connectivity index (χ2n) is 6.00. The van der Waals surface area contributed by atoms with Crippen molar-refractivity contribution in [2.75, 3.05) is 0 Å². The van der Waals surface area contributed by atoms with E-state index in [9.17, 15) is 0 Å². The summed E-state index contributed by atoms with van der Waals surface area (Å²) in [5, 5.41) is 2.75. The molecule has 106 valence electrons. The Morgan fingerprint density at radius 2 is 1.43 bits per heavy atom. The van der Waals surface area contributed by atoms with Gasteiger partial charge in [-0.05, 0) is 54.2 Å². The van der Waals surface area contributed by atoms with Crippen LogP contribution in [0.25, 0.3) is 10.8 Å². The molecule has 0 unspecified atom stereocenters. The maximum atomic E-state index is 2.38. The van der Waals surface area contributed by atoms with Crippen LogP contribution in [0.1, 0.15) is 34.7 Å². The van der Waals surface area contributed by atoms with Gasteiger partial charge in [0.15, 0.2) is 0 Å². The molecule has 0 aromatic heterocycles. The molecule has 21 heavy (non-hydrogen) atoms. The van der Waals surface area contributed by atoms with Gasteiger partial charge in [0, 0.05) is 0 Å². The Morgan fingerprint density at radius 1 is 0.762 bits per heavy atom. The predicted octanol–water partition coefficient (Wildman–Crippen LogP) is 5.61. The third kappa shape index (κ3) is 3.00. The number of fused-ring (bicyclic) bond motifs is 1. The van der Waals surface area contributed by atoms with Gasteiger partial charge >= 0.3 is 0 Å². The van der Waals surface area contributed by atoms with Crippen molar-refractivity contribution in [2.24, 2.45) is 0 Å². The van der Waals surface area contributed by atoms with E-state index in [-0.39, 0.29) is 0 Å². The summed E-state index contributed by atoms with van der Waals surface area (Å²) in [5.41, 5.74) is 6.97. The minimum absolute atomic E-state index is 1.01. The number of hydrogen-bond acceptors (Lipinski definition) is 0. The lowest BCUT2D eigenvalue weighted by Gasteiger charge is -2.10. The normalized spacial score (nSPS) is 11.0. The van der Waals surface area contributed by atoms with Crippen LogP contribution in [0.4, 0.5) is 0 Å². The van der Waals surface area contributed by atoms with Crippen LogP contribution in [0.3, 0.4) is 0 Å². The highest BCUT2D eigenvalue weighted by Gasteiger charge is 2.04. The fourth-order valence-electron chi connectivity index (χ4n) is 3.26. The van der Waals surface area contributed by atoms with Gasteiger partial charge in [-0.2, -0.15) is 0 Å². The summed E-state index contributed by atoms with van der Waals surface area (Å²) >= 11 is 0. The van der Waals surface area contributed by atoms with Gasteiger partial charge in [0.05, 0.1) is 0 Å². The minimum atomic E-state index is 1.01. The molecule has 0 bridgehead atoms. The molecule has 0 spiro atoms. The summed E-state index contributed by atoms with van der Waals surface area (Å²) in [7, 11) is 0. The van der Waals surface area contributed by atoms with Gasteiger partial charge in [-0.3, -0.25) is 0 Å². The molecule has 0 heterocycles. The average Bonchev–Trinajstić information content (AvgIpc) is 2.45. The SMILES string of the molecule is CCc1cc(Cc2cc(C)cc(C)c2)cc2ccccc12. The Bertz CT molecular complexity index is 761. The van der Waals surface area contributed by atoms with E-state index in [1.165, 1.54) is 38.6 Å². The molecule has 0 atom stereocenters. The number of benzene rings is 3. The lowest BCUT2D eigenvalue weighted by molar-refractivity contribution is 1.12. The van der Waals surface area contributed by atoms with Crippen molar-refractivity contribution in [1.82, 2.24) is 0 Å². The summed E-state index contributed by atoms with van der Waals surface area (Å²) < 4.78 is 0. The maximum Gasteiger partial charge on any atom is -0.00253 e. The third-order valence-electron chi connectivity index (χ3n) is 4.08. The zero-order valence-corrected chi connectivity index (χ0v) is 13.1. The highest BCUT2D eigenvalue weighted by Crippen LogP contribution is 2.24. The second-order valence-corrected chi connectivity index (χ2v) is 6.00. The second kappa shape index (κ2) is 5.73. The number of aryl methyl sites for hydroxylation is 3. The predicted molar refractivity (Wildman–Crippen MR) is 92.0 cm³/mol.